The number of esters is 1. The molecule has 2 heterocycles. The van der Waals surface area contributed by atoms with Crippen molar-refractivity contribution in [3.05, 3.63) is 41.1 Å². The molecule has 30 heavy (non-hydrogen) atoms. The maximum atomic E-state index is 13.4. The topological polar surface area (TPSA) is 59.5 Å². The zero-order valence-electron chi connectivity index (χ0n) is 18.3. The predicted octanol–water partition coefficient (Wildman–Crippen LogP) is 4.84. The van der Waals surface area contributed by atoms with Gasteiger partial charge in [0.1, 0.15) is 0 Å². The van der Waals surface area contributed by atoms with Crippen molar-refractivity contribution in [3.63, 3.8) is 0 Å². The lowest BCUT2D eigenvalue weighted by molar-refractivity contribution is -0.146. The van der Waals surface area contributed by atoms with Gasteiger partial charge in [-0.25, -0.2) is 4.79 Å². The van der Waals surface area contributed by atoms with Crippen molar-refractivity contribution in [1.82, 2.24) is 9.88 Å². The van der Waals surface area contributed by atoms with Crippen molar-refractivity contribution in [1.29, 1.82) is 0 Å². The first-order valence-electron chi connectivity index (χ1n) is 11.4. The molecule has 160 valence electrons. The summed E-state index contributed by atoms with van der Waals surface area (Å²) in [6.45, 7) is 5.87. The highest BCUT2D eigenvalue weighted by Crippen LogP contribution is 2.30. The molecular formula is C25H32N2O3. The summed E-state index contributed by atoms with van der Waals surface area (Å²) in [5.74, 6) is -0.489. The van der Waals surface area contributed by atoms with E-state index in [2.05, 4.69) is 13.8 Å². The number of para-hydroxylation sites is 1. The van der Waals surface area contributed by atoms with Crippen molar-refractivity contribution in [2.75, 3.05) is 0 Å². The molecule has 1 amide bonds. The number of hydrogen-bond acceptors (Lipinski definition) is 4. The summed E-state index contributed by atoms with van der Waals surface area (Å²) in [7, 11) is 0. The molecule has 2 aliphatic rings. The van der Waals surface area contributed by atoms with E-state index in [1.54, 1.807) is 6.92 Å². The Bertz CT molecular complexity index is 945. The molecule has 0 bridgehead atoms. The Morgan fingerprint density at radius 2 is 1.73 bits per heavy atom. The van der Waals surface area contributed by atoms with Crippen LogP contribution in [-0.4, -0.2) is 39.9 Å². The Balaban J connectivity index is 1.64. The highest BCUT2D eigenvalue weighted by Gasteiger charge is 2.34. The van der Waals surface area contributed by atoms with E-state index in [0.29, 0.717) is 5.56 Å². The molecule has 1 aliphatic carbocycles. The van der Waals surface area contributed by atoms with Crippen LogP contribution in [0.25, 0.3) is 10.9 Å². The standard InChI is InChI=1S/C25H32N2O3/c1-16-10-9-11-17(2)27(16)24(28)18(3)30-25(29)23-19-12-5-4-6-14-21(19)26-22-15-8-7-13-20(22)23/h7-8,13,15-18H,4-6,9-12,14H2,1-3H3/t16-,17+,18-/m1/s1. The molecule has 5 heteroatoms. The van der Waals surface area contributed by atoms with E-state index in [-0.39, 0.29) is 18.0 Å². The highest BCUT2D eigenvalue weighted by molar-refractivity contribution is 6.05. The van der Waals surface area contributed by atoms with E-state index in [4.69, 9.17) is 9.72 Å². The number of rotatable bonds is 3. The summed E-state index contributed by atoms with van der Waals surface area (Å²) in [4.78, 5) is 33.3. The molecular weight excluding hydrogens is 376 g/mol. The van der Waals surface area contributed by atoms with E-state index < -0.39 is 12.1 Å². The van der Waals surface area contributed by atoms with Gasteiger partial charge in [0.2, 0.25) is 0 Å². The number of nitrogens with zero attached hydrogens (tertiary/aromatic N) is 2. The summed E-state index contributed by atoms with van der Waals surface area (Å²) < 4.78 is 5.81. The molecule has 5 nitrogen and oxygen atoms in total. The van der Waals surface area contributed by atoms with Crippen LogP contribution in [0.2, 0.25) is 0 Å². The van der Waals surface area contributed by atoms with Crippen molar-refractivity contribution in [2.24, 2.45) is 0 Å². The van der Waals surface area contributed by atoms with Gasteiger partial charge in [0.05, 0.1) is 11.1 Å². The molecule has 1 aromatic carbocycles. The molecule has 1 aromatic heterocycles. The number of fused-ring (bicyclic) bond motifs is 2. The molecule has 2 aromatic rings. The van der Waals surface area contributed by atoms with Crippen LogP contribution in [-0.2, 0) is 22.4 Å². The number of carbonyl (C=O) groups is 2. The lowest BCUT2D eigenvalue weighted by Gasteiger charge is -2.40. The van der Waals surface area contributed by atoms with E-state index in [1.807, 2.05) is 29.2 Å². The normalized spacial score (nSPS) is 22.8. The number of piperidine rings is 1. The third-order valence-corrected chi connectivity index (χ3v) is 6.70. The Hall–Kier alpha value is -2.43. The van der Waals surface area contributed by atoms with Gasteiger partial charge in [-0.05, 0) is 77.3 Å². The monoisotopic (exact) mass is 408 g/mol. The summed E-state index contributed by atoms with van der Waals surface area (Å²) in [6, 6.07) is 8.11. The predicted molar refractivity (Wildman–Crippen MR) is 118 cm³/mol. The van der Waals surface area contributed by atoms with Gasteiger partial charge < -0.3 is 9.64 Å². The van der Waals surface area contributed by atoms with Crippen LogP contribution in [0.15, 0.2) is 24.3 Å². The quantitative estimate of drug-likeness (QED) is 0.539. The third-order valence-electron chi connectivity index (χ3n) is 6.70. The average Bonchev–Trinajstić information content (AvgIpc) is 2.96. The van der Waals surface area contributed by atoms with Crippen molar-refractivity contribution in [2.45, 2.75) is 90.3 Å². The van der Waals surface area contributed by atoms with Crippen molar-refractivity contribution in [3.8, 4) is 0 Å². The maximum absolute atomic E-state index is 13.4. The van der Waals surface area contributed by atoms with Crippen LogP contribution in [0.5, 0.6) is 0 Å². The number of carbonyl (C=O) groups excluding carboxylic acids is 2. The largest absolute Gasteiger partial charge is 0.449 e. The summed E-state index contributed by atoms with van der Waals surface area (Å²) >= 11 is 0. The second-order valence-corrected chi connectivity index (χ2v) is 8.91. The summed E-state index contributed by atoms with van der Waals surface area (Å²) in [5, 5.41) is 0.822. The van der Waals surface area contributed by atoms with E-state index in [9.17, 15) is 9.59 Å². The third kappa shape index (κ3) is 3.94. The first kappa shape index (κ1) is 20.8. The SMILES string of the molecule is C[C@@H]1CCC[C@H](C)N1C(=O)[C@@H](C)OC(=O)c1c2c(nc3ccccc13)CCCCC2. The number of ether oxygens (including phenoxy) is 1. The fourth-order valence-electron chi connectivity index (χ4n) is 5.12. The molecule has 0 saturated carbocycles. The molecule has 0 N–H and O–H groups in total. The first-order valence-corrected chi connectivity index (χ1v) is 11.4. The first-order chi connectivity index (χ1) is 14.5. The summed E-state index contributed by atoms with van der Waals surface area (Å²) in [6.07, 6.45) is 7.33. The highest BCUT2D eigenvalue weighted by atomic mass is 16.5. The van der Waals surface area contributed by atoms with Crippen LogP contribution >= 0.6 is 0 Å². The Morgan fingerprint density at radius 3 is 2.50 bits per heavy atom. The lowest BCUT2D eigenvalue weighted by Crippen LogP contribution is -2.51. The van der Waals surface area contributed by atoms with Gasteiger partial charge in [-0.2, -0.15) is 0 Å². The minimum Gasteiger partial charge on any atom is -0.449 e. The van der Waals surface area contributed by atoms with Gasteiger partial charge in [-0.1, -0.05) is 24.6 Å². The molecule has 1 saturated heterocycles. The number of aryl methyl sites for hydroxylation is 1. The second kappa shape index (κ2) is 8.75. The molecule has 1 aliphatic heterocycles. The Labute approximate surface area is 178 Å². The molecule has 0 radical (unpaired) electrons. The lowest BCUT2D eigenvalue weighted by atomic mass is 9.96. The second-order valence-electron chi connectivity index (χ2n) is 8.91. The van der Waals surface area contributed by atoms with Gasteiger partial charge in [0, 0.05) is 23.2 Å². The van der Waals surface area contributed by atoms with Crippen LogP contribution in [0.1, 0.15) is 80.9 Å². The number of benzene rings is 1. The minimum absolute atomic E-state index is 0.0903. The Morgan fingerprint density at radius 1 is 1.03 bits per heavy atom. The van der Waals surface area contributed by atoms with Gasteiger partial charge >= 0.3 is 5.97 Å². The molecule has 1 fully saturated rings. The average molecular weight is 409 g/mol. The molecule has 0 unspecified atom stereocenters. The Kier molecular flexibility index (Phi) is 6.07. The zero-order chi connectivity index (χ0) is 21.3. The van der Waals surface area contributed by atoms with Crippen molar-refractivity contribution >= 4 is 22.8 Å². The zero-order valence-corrected chi connectivity index (χ0v) is 18.3. The number of amides is 1. The fourth-order valence-corrected chi connectivity index (χ4v) is 5.12. The van der Waals surface area contributed by atoms with Gasteiger partial charge in [-0.15, -0.1) is 0 Å². The molecule has 0 spiro atoms. The number of likely N-dealkylation sites (tertiary alicyclic amines) is 1. The van der Waals surface area contributed by atoms with E-state index in [1.165, 1.54) is 0 Å². The molecule has 4 rings (SSSR count). The number of aromatic nitrogens is 1. The van der Waals surface area contributed by atoms with E-state index in [0.717, 1.165) is 73.5 Å². The van der Waals surface area contributed by atoms with Crippen LogP contribution in [0.4, 0.5) is 0 Å². The van der Waals surface area contributed by atoms with Crippen LogP contribution in [0, 0.1) is 0 Å². The number of pyridine rings is 1. The van der Waals surface area contributed by atoms with Crippen LogP contribution < -0.4 is 0 Å². The maximum Gasteiger partial charge on any atom is 0.339 e. The van der Waals surface area contributed by atoms with Gasteiger partial charge in [0.15, 0.2) is 6.10 Å². The van der Waals surface area contributed by atoms with Crippen LogP contribution in [0.3, 0.4) is 0 Å². The van der Waals surface area contributed by atoms with Crippen molar-refractivity contribution < 1.29 is 14.3 Å². The smallest absolute Gasteiger partial charge is 0.339 e. The molecule has 3 atom stereocenters. The fraction of sp³-hybridized carbons (Fsp3) is 0.560. The van der Waals surface area contributed by atoms with Gasteiger partial charge in [-0.3, -0.25) is 9.78 Å². The minimum atomic E-state index is -0.797. The van der Waals surface area contributed by atoms with E-state index >= 15 is 0 Å². The van der Waals surface area contributed by atoms with Gasteiger partial charge in [0.25, 0.3) is 5.91 Å². The number of hydrogen-bond donors (Lipinski definition) is 0. The summed E-state index contributed by atoms with van der Waals surface area (Å²) in [5.41, 5.74) is 3.45.